The van der Waals surface area contributed by atoms with Gasteiger partial charge in [0.25, 0.3) is 0 Å². The molecule has 1 rings (SSSR count). The third kappa shape index (κ3) is 4.18. The first-order valence-corrected chi connectivity index (χ1v) is 6.02. The molecule has 0 radical (unpaired) electrons. The molecule has 0 aliphatic heterocycles. The van der Waals surface area contributed by atoms with Crippen molar-refractivity contribution < 1.29 is 9.53 Å². The molecule has 1 aromatic rings. The summed E-state index contributed by atoms with van der Waals surface area (Å²) in [6.07, 6.45) is 3.13. The van der Waals surface area contributed by atoms with Gasteiger partial charge >= 0.3 is 5.97 Å². The Balaban J connectivity index is 2.79. The van der Waals surface area contributed by atoms with Crippen molar-refractivity contribution in [3.63, 3.8) is 0 Å². The zero-order chi connectivity index (χ0) is 11.3. The lowest BCUT2D eigenvalue weighted by atomic mass is 10.2. The highest BCUT2D eigenvalue weighted by Crippen LogP contribution is 2.22. The molecule has 0 fully saturated rings. The summed E-state index contributed by atoms with van der Waals surface area (Å²) in [4.78, 5) is 11.1. The van der Waals surface area contributed by atoms with Crippen LogP contribution in [0.4, 0.5) is 0 Å². The molecule has 0 atom stereocenters. The minimum Gasteiger partial charge on any atom is -0.463 e. The minimum absolute atomic E-state index is 0.329. The van der Waals surface area contributed by atoms with Gasteiger partial charge in [0.2, 0.25) is 0 Å². The van der Waals surface area contributed by atoms with Gasteiger partial charge in [-0.2, -0.15) is 0 Å². The van der Waals surface area contributed by atoms with Crippen molar-refractivity contribution in [2.75, 3.05) is 6.61 Å². The fourth-order valence-corrected chi connectivity index (χ4v) is 1.75. The van der Waals surface area contributed by atoms with Crippen molar-refractivity contribution in [1.29, 1.82) is 0 Å². The van der Waals surface area contributed by atoms with Gasteiger partial charge in [-0.1, -0.05) is 31.9 Å². The van der Waals surface area contributed by atoms with Gasteiger partial charge in [0.15, 0.2) is 0 Å². The van der Waals surface area contributed by atoms with Crippen LogP contribution in [0.3, 0.4) is 0 Å². The van der Waals surface area contributed by atoms with Gasteiger partial charge < -0.3 is 4.74 Å². The first kappa shape index (κ1) is 12.5. The number of hydrogen-bond donors (Lipinski definition) is 0. The van der Waals surface area contributed by atoms with Gasteiger partial charge in [-0.3, -0.25) is 0 Å². The van der Waals surface area contributed by atoms with Crippen molar-refractivity contribution in [1.82, 2.24) is 0 Å². The molecule has 0 saturated heterocycles. The second-order valence-corrected chi connectivity index (χ2v) is 4.52. The minimum atomic E-state index is -0.329. The number of halogens is 2. The van der Waals surface area contributed by atoms with E-state index < -0.39 is 0 Å². The van der Waals surface area contributed by atoms with Gasteiger partial charge in [-0.05, 0) is 36.8 Å². The van der Waals surface area contributed by atoms with Gasteiger partial charge in [0.1, 0.15) is 0 Å². The number of hydrogen-bond acceptors (Lipinski definition) is 2. The smallest absolute Gasteiger partial charge is 0.330 e. The zero-order valence-corrected chi connectivity index (χ0v) is 11.3. The van der Waals surface area contributed by atoms with Crippen LogP contribution >= 0.6 is 31.9 Å². The topological polar surface area (TPSA) is 26.3 Å². The normalized spacial score (nSPS) is 10.6. The highest BCUT2D eigenvalue weighted by Gasteiger charge is 1.98. The van der Waals surface area contributed by atoms with Crippen LogP contribution in [-0.4, -0.2) is 12.6 Å². The highest BCUT2D eigenvalue weighted by molar-refractivity contribution is 9.11. The van der Waals surface area contributed by atoms with Crippen LogP contribution in [-0.2, 0) is 9.53 Å². The maximum absolute atomic E-state index is 11.1. The summed E-state index contributed by atoms with van der Waals surface area (Å²) in [5.41, 5.74) is 0.928. The number of rotatable bonds is 3. The van der Waals surface area contributed by atoms with Crippen LogP contribution in [0, 0.1) is 0 Å². The summed E-state index contributed by atoms with van der Waals surface area (Å²) in [5, 5.41) is 0. The lowest BCUT2D eigenvalue weighted by Gasteiger charge is -1.99. The number of benzene rings is 1. The molecule has 0 spiro atoms. The summed E-state index contributed by atoms with van der Waals surface area (Å²) in [5.74, 6) is -0.329. The molecule has 80 valence electrons. The molecule has 0 amide bonds. The molecule has 15 heavy (non-hydrogen) atoms. The van der Waals surface area contributed by atoms with E-state index >= 15 is 0 Å². The van der Waals surface area contributed by atoms with Crippen LogP contribution < -0.4 is 0 Å². The van der Waals surface area contributed by atoms with Gasteiger partial charge in [0, 0.05) is 15.0 Å². The van der Waals surface area contributed by atoms with Crippen molar-refractivity contribution >= 4 is 43.9 Å². The van der Waals surface area contributed by atoms with Crippen LogP contribution in [0.5, 0.6) is 0 Å². The molecule has 0 unspecified atom stereocenters. The molecule has 0 aliphatic carbocycles. The predicted octanol–water partition coefficient (Wildman–Crippen LogP) is 3.79. The van der Waals surface area contributed by atoms with E-state index in [9.17, 15) is 4.79 Å². The average Bonchev–Trinajstić information content (AvgIpc) is 2.20. The quantitative estimate of drug-likeness (QED) is 0.621. The van der Waals surface area contributed by atoms with E-state index in [1.807, 2.05) is 18.2 Å². The number of carbonyl (C=O) groups excluding carboxylic acids is 1. The van der Waals surface area contributed by atoms with Crippen molar-refractivity contribution in [2.45, 2.75) is 6.92 Å². The molecule has 2 nitrogen and oxygen atoms in total. The van der Waals surface area contributed by atoms with Crippen LogP contribution in [0.25, 0.3) is 6.08 Å². The largest absolute Gasteiger partial charge is 0.463 e. The number of carbonyl (C=O) groups is 1. The van der Waals surface area contributed by atoms with Crippen LogP contribution in [0.15, 0.2) is 33.2 Å². The SMILES string of the molecule is CCOC(=O)C=Cc1cc(Br)ccc1Br. The third-order valence-electron chi connectivity index (χ3n) is 1.64. The summed E-state index contributed by atoms with van der Waals surface area (Å²) in [6, 6.07) is 5.75. The lowest BCUT2D eigenvalue weighted by molar-refractivity contribution is -0.137. The van der Waals surface area contributed by atoms with E-state index in [4.69, 9.17) is 4.74 Å². The molecule has 4 heteroatoms. The van der Waals surface area contributed by atoms with E-state index in [1.165, 1.54) is 6.08 Å². The molecule has 0 heterocycles. The maximum atomic E-state index is 11.1. The molecular formula is C11H10Br2O2. The molecule has 0 saturated carbocycles. The monoisotopic (exact) mass is 332 g/mol. The summed E-state index contributed by atoms with van der Waals surface area (Å²) in [7, 11) is 0. The van der Waals surface area contributed by atoms with E-state index in [0.29, 0.717) is 6.61 Å². The van der Waals surface area contributed by atoms with Gasteiger partial charge in [-0.15, -0.1) is 0 Å². The second-order valence-electron chi connectivity index (χ2n) is 2.75. The summed E-state index contributed by atoms with van der Waals surface area (Å²) in [6.45, 7) is 2.17. The molecule has 0 N–H and O–H groups in total. The van der Waals surface area contributed by atoms with Crippen molar-refractivity contribution in [3.8, 4) is 0 Å². The Morgan fingerprint density at radius 2 is 2.20 bits per heavy atom. The Hall–Kier alpha value is -0.610. The fourth-order valence-electron chi connectivity index (χ4n) is 0.991. The highest BCUT2D eigenvalue weighted by atomic mass is 79.9. The number of ether oxygens (including phenoxy) is 1. The first-order chi connectivity index (χ1) is 7.13. The first-order valence-electron chi connectivity index (χ1n) is 4.43. The Bertz CT molecular complexity index is 386. The molecule has 0 aliphatic rings. The van der Waals surface area contributed by atoms with E-state index in [2.05, 4.69) is 31.9 Å². The maximum Gasteiger partial charge on any atom is 0.330 e. The summed E-state index contributed by atoms with van der Waals surface area (Å²) >= 11 is 6.76. The Labute approximate surface area is 106 Å². The molecule has 0 bridgehead atoms. The zero-order valence-electron chi connectivity index (χ0n) is 8.17. The average molecular weight is 334 g/mol. The molecular weight excluding hydrogens is 324 g/mol. The van der Waals surface area contributed by atoms with Gasteiger partial charge in [0.05, 0.1) is 6.61 Å². The van der Waals surface area contributed by atoms with Crippen LogP contribution in [0.1, 0.15) is 12.5 Å². The van der Waals surface area contributed by atoms with Crippen molar-refractivity contribution in [3.05, 3.63) is 38.8 Å². The Morgan fingerprint density at radius 3 is 2.87 bits per heavy atom. The Kier molecular flexibility index (Phi) is 5.05. The van der Waals surface area contributed by atoms with Crippen molar-refractivity contribution in [2.24, 2.45) is 0 Å². The third-order valence-corrected chi connectivity index (χ3v) is 2.86. The Morgan fingerprint density at radius 1 is 1.47 bits per heavy atom. The molecule has 1 aromatic carbocycles. The number of esters is 1. The standard InChI is InChI=1S/C11H10Br2O2/c1-2-15-11(14)6-3-8-7-9(12)4-5-10(8)13/h3-7H,2H2,1H3. The predicted molar refractivity (Wildman–Crippen MR) is 67.5 cm³/mol. The van der Waals surface area contributed by atoms with E-state index in [0.717, 1.165) is 14.5 Å². The van der Waals surface area contributed by atoms with E-state index in [-0.39, 0.29) is 5.97 Å². The summed E-state index contributed by atoms with van der Waals surface area (Å²) < 4.78 is 6.68. The van der Waals surface area contributed by atoms with Gasteiger partial charge in [-0.25, -0.2) is 4.79 Å². The molecule has 0 aromatic heterocycles. The van der Waals surface area contributed by atoms with E-state index in [1.54, 1.807) is 13.0 Å². The fraction of sp³-hybridized carbons (Fsp3) is 0.182. The second kappa shape index (κ2) is 6.08. The van der Waals surface area contributed by atoms with Crippen LogP contribution in [0.2, 0.25) is 0 Å². The lowest BCUT2D eigenvalue weighted by Crippen LogP contribution is -1.98.